The van der Waals surface area contributed by atoms with Crippen molar-refractivity contribution in [1.82, 2.24) is 0 Å². The molecule has 0 spiro atoms. The summed E-state index contributed by atoms with van der Waals surface area (Å²) >= 11 is 0. The molecule has 1 aliphatic rings. The summed E-state index contributed by atoms with van der Waals surface area (Å²) in [5.41, 5.74) is 5.62. The number of benzene rings is 3. The SMILES string of the molecule is O=C1C[C@@H](c2ccccc2)Cc2ccc(-c3ccccc3)cc21. The zero-order valence-electron chi connectivity index (χ0n) is 12.9. The van der Waals surface area contributed by atoms with Gasteiger partial charge < -0.3 is 0 Å². The van der Waals surface area contributed by atoms with Crippen LogP contribution < -0.4 is 0 Å². The van der Waals surface area contributed by atoms with Gasteiger partial charge in [0.1, 0.15) is 0 Å². The summed E-state index contributed by atoms with van der Waals surface area (Å²) in [6.45, 7) is 0. The summed E-state index contributed by atoms with van der Waals surface area (Å²) in [6, 6.07) is 26.9. The molecule has 0 amide bonds. The first-order valence-electron chi connectivity index (χ1n) is 8.08. The number of ketones is 1. The number of Topliss-reactive ketones (excluding diaryl/α,β-unsaturated/α-hetero) is 1. The molecule has 0 fully saturated rings. The molecule has 3 aromatic rings. The minimum atomic E-state index is 0.262. The van der Waals surface area contributed by atoms with E-state index in [0.29, 0.717) is 12.3 Å². The Morgan fingerprint density at radius 2 is 1.39 bits per heavy atom. The Labute approximate surface area is 136 Å². The predicted octanol–water partition coefficient (Wildman–Crippen LogP) is 5.27. The molecule has 0 saturated carbocycles. The van der Waals surface area contributed by atoms with Gasteiger partial charge in [0.05, 0.1) is 0 Å². The van der Waals surface area contributed by atoms with Gasteiger partial charge in [-0.2, -0.15) is 0 Å². The lowest BCUT2D eigenvalue weighted by molar-refractivity contribution is 0.0964. The smallest absolute Gasteiger partial charge is 0.163 e. The predicted molar refractivity (Wildman–Crippen MR) is 93.7 cm³/mol. The average molecular weight is 298 g/mol. The molecule has 1 aliphatic carbocycles. The minimum Gasteiger partial charge on any atom is -0.294 e. The number of carbonyl (C=O) groups is 1. The lowest BCUT2D eigenvalue weighted by atomic mass is 9.78. The molecule has 0 aliphatic heterocycles. The van der Waals surface area contributed by atoms with Gasteiger partial charge in [-0.25, -0.2) is 0 Å². The van der Waals surface area contributed by atoms with Crippen LogP contribution in [0.4, 0.5) is 0 Å². The second kappa shape index (κ2) is 5.85. The van der Waals surface area contributed by atoms with E-state index in [1.54, 1.807) is 0 Å². The molecule has 0 saturated heterocycles. The highest BCUT2D eigenvalue weighted by molar-refractivity contribution is 6.00. The van der Waals surface area contributed by atoms with Crippen molar-refractivity contribution in [1.29, 1.82) is 0 Å². The maximum Gasteiger partial charge on any atom is 0.163 e. The molecule has 3 aromatic carbocycles. The molecule has 23 heavy (non-hydrogen) atoms. The monoisotopic (exact) mass is 298 g/mol. The van der Waals surface area contributed by atoms with Crippen LogP contribution in [0.3, 0.4) is 0 Å². The highest BCUT2D eigenvalue weighted by Crippen LogP contribution is 2.34. The van der Waals surface area contributed by atoms with Gasteiger partial charge in [0.15, 0.2) is 5.78 Å². The molecule has 1 nitrogen and oxygen atoms in total. The van der Waals surface area contributed by atoms with Crippen LogP contribution in [0.15, 0.2) is 78.9 Å². The van der Waals surface area contributed by atoms with Crippen molar-refractivity contribution in [2.75, 3.05) is 0 Å². The normalized spacial score (nSPS) is 16.9. The average Bonchev–Trinajstić information content (AvgIpc) is 2.63. The molecule has 0 bridgehead atoms. The van der Waals surface area contributed by atoms with Crippen molar-refractivity contribution in [3.05, 3.63) is 95.6 Å². The highest BCUT2D eigenvalue weighted by atomic mass is 16.1. The fourth-order valence-corrected chi connectivity index (χ4v) is 3.46. The maximum absolute atomic E-state index is 12.7. The molecule has 1 heteroatoms. The first kappa shape index (κ1) is 14.0. The second-order valence-electron chi connectivity index (χ2n) is 6.18. The molecule has 112 valence electrons. The van der Waals surface area contributed by atoms with Crippen molar-refractivity contribution in [3.8, 4) is 11.1 Å². The number of rotatable bonds is 2. The summed E-state index contributed by atoms with van der Waals surface area (Å²) < 4.78 is 0. The van der Waals surface area contributed by atoms with Crippen molar-refractivity contribution in [2.24, 2.45) is 0 Å². The first-order valence-corrected chi connectivity index (χ1v) is 8.08. The highest BCUT2D eigenvalue weighted by Gasteiger charge is 2.26. The molecule has 4 rings (SSSR count). The first-order chi connectivity index (χ1) is 11.3. The van der Waals surface area contributed by atoms with Gasteiger partial charge in [-0.15, -0.1) is 0 Å². The minimum absolute atomic E-state index is 0.262. The molecule has 1 atom stereocenters. The van der Waals surface area contributed by atoms with Gasteiger partial charge >= 0.3 is 0 Å². The van der Waals surface area contributed by atoms with Crippen LogP contribution in [0, 0.1) is 0 Å². The Hall–Kier alpha value is -2.67. The Balaban J connectivity index is 1.69. The molecular weight excluding hydrogens is 280 g/mol. The van der Waals surface area contributed by atoms with Crippen LogP contribution >= 0.6 is 0 Å². The molecule has 0 aromatic heterocycles. The standard InChI is InChI=1S/C22H18O/c23-22-15-20(17-9-5-2-6-10-17)13-19-12-11-18(14-21(19)22)16-7-3-1-4-8-16/h1-12,14,20H,13,15H2/t20-/m0/s1. The summed E-state index contributed by atoms with van der Waals surface area (Å²) in [6.07, 6.45) is 1.55. The molecule has 0 radical (unpaired) electrons. The van der Waals surface area contributed by atoms with E-state index in [9.17, 15) is 4.79 Å². The summed E-state index contributed by atoms with van der Waals surface area (Å²) in [4.78, 5) is 12.7. The topological polar surface area (TPSA) is 17.1 Å². The van der Waals surface area contributed by atoms with Gasteiger partial charge in [-0.1, -0.05) is 72.8 Å². The Morgan fingerprint density at radius 3 is 2.13 bits per heavy atom. The van der Waals surface area contributed by atoms with Crippen LogP contribution in [0.25, 0.3) is 11.1 Å². The van der Waals surface area contributed by atoms with Crippen LogP contribution in [-0.2, 0) is 6.42 Å². The quantitative estimate of drug-likeness (QED) is 0.630. The van der Waals surface area contributed by atoms with Crippen LogP contribution in [0.1, 0.15) is 33.8 Å². The van der Waals surface area contributed by atoms with Crippen LogP contribution in [0.5, 0.6) is 0 Å². The molecule has 0 N–H and O–H groups in total. The van der Waals surface area contributed by atoms with E-state index in [-0.39, 0.29) is 5.78 Å². The maximum atomic E-state index is 12.7. The van der Waals surface area contributed by atoms with Crippen molar-refractivity contribution in [3.63, 3.8) is 0 Å². The van der Waals surface area contributed by atoms with Crippen LogP contribution in [-0.4, -0.2) is 5.78 Å². The summed E-state index contributed by atoms with van der Waals surface area (Å²) in [7, 11) is 0. The zero-order chi connectivity index (χ0) is 15.6. The van der Waals surface area contributed by atoms with E-state index in [1.165, 1.54) is 11.1 Å². The molecule has 0 heterocycles. The Bertz CT molecular complexity index is 834. The fourth-order valence-electron chi connectivity index (χ4n) is 3.46. The van der Waals surface area contributed by atoms with E-state index in [4.69, 9.17) is 0 Å². The van der Waals surface area contributed by atoms with Gasteiger partial charge in [0.25, 0.3) is 0 Å². The number of carbonyl (C=O) groups excluding carboxylic acids is 1. The fraction of sp³-hybridized carbons (Fsp3) is 0.136. The number of hydrogen-bond acceptors (Lipinski definition) is 1. The van der Waals surface area contributed by atoms with Gasteiger partial charge in [-0.3, -0.25) is 4.79 Å². The van der Waals surface area contributed by atoms with Crippen LogP contribution in [0.2, 0.25) is 0 Å². The largest absolute Gasteiger partial charge is 0.294 e. The third-order valence-corrected chi connectivity index (χ3v) is 4.69. The molecular formula is C22H18O. The van der Waals surface area contributed by atoms with E-state index >= 15 is 0 Å². The Kier molecular flexibility index (Phi) is 3.55. The van der Waals surface area contributed by atoms with E-state index < -0.39 is 0 Å². The van der Waals surface area contributed by atoms with Gasteiger partial charge in [0, 0.05) is 12.0 Å². The van der Waals surface area contributed by atoms with E-state index in [1.807, 2.05) is 36.4 Å². The lowest BCUT2D eigenvalue weighted by Crippen LogP contribution is -2.18. The van der Waals surface area contributed by atoms with E-state index in [0.717, 1.165) is 23.1 Å². The second-order valence-corrected chi connectivity index (χ2v) is 6.18. The molecule has 0 unspecified atom stereocenters. The van der Waals surface area contributed by atoms with Crippen molar-refractivity contribution in [2.45, 2.75) is 18.8 Å². The van der Waals surface area contributed by atoms with Gasteiger partial charge in [-0.05, 0) is 40.7 Å². The number of hydrogen-bond donors (Lipinski definition) is 0. The van der Waals surface area contributed by atoms with Crippen molar-refractivity contribution < 1.29 is 4.79 Å². The Morgan fingerprint density at radius 1 is 0.696 bits per heavy atom. The third kappa shape index (κ3) is 2.70. The lowest BCUT2D eigenvalue weighted by Gasteiger charge is -2.24. The summed E-state index contributed by atoms with van der Waals surface area (Å²) in [5.74, 6) is 0.566. The third-order valence-electron chi connectivity index (χ3n) is 4.69. The zero-order valence-corrected chi connectivity index (χ0v) is 12.9. The summed E-state index contributed by atoms with van der Waals surface area (Å²) in [5, 5.41) is 0. The number of fused-ring (bicyclic) bond motifs is 1. The van der Waals surface area contributed by atoms with Gasteiger partial charge in [0.2, 0.25) is 0 Å². The van der Waals surface area contributed by atoms with Crippen molar-refractivity contribution >= 4 is 5.78 Å². The van der Waals surface area contributed by atoms with E-state index in [2.05, 4.69) is 42.5 Å².